The van der Waals surface area contributed by atoms with Gasteiger partial charge in [-0.2, -0.15) is 0 Å². The summed E-state index contributed by atoms with van der Waals surface area (Å²) in [5, 5.41) is 1.27. The summed E-state index contributed by atoms with van der Waals surface area (Å²) in [5.74, 6) is 0. The number of hydrogen-bond acceptors (Lipinski definition) is 1. The smallest absolute Gasteiger partial charge is 0.0945 e. The quantitative estimate of drug-likeness (QED) is 0.734. The summed E-state index contributed by atoms with van der Waals surface area (Å²) in [6, 6.07) is 11.2. The molecule has 3 heteroatoms. The second-order valence-electron chi connectivity index (χ2n) is 4.46. The summed E-state index contributed by atoms with van der Waals surface area (Å²) in [5.41, 5.74) is 0. The molecule has 1 aromatic rings. The lowest BCUT2D eigenvalue weighted by Crippen LogP contribution is -2.30. The average molecular weight is 256 g/mol. The van der Waals surface area contributed by atoms with Gasteiger partial charge in [-0.1, -0.05) is 60.8 Å². The number of nitrogens with zero attached hydrogens (tertiary/aromatic N) is 1. The van der Waals surface area contributed by atoms with E-state index in [1.54, 1.807) is 0 Å². The highest BCUT2D eigenvalue weighted by molar-refractivity contribution is 7.88. The van der Waals surface area contributed by atoms with Gasteiger partial charge in [-0.05, 0) is 19.9 Å². The Labute approximate surface area is 104 Å². The van der Waals surface area contributed by atoms with E-state index < -0.39 is 7.43 Å². The van der Waals surface area contributed by atoms with Gasteiger partial charge >= 0.3 is 0 Å². The molecule has 0 aliphatic heterocycles. The SMILES string of the molecule is CN(C1CCCCC1)P(Cl)c1ccccc1. The molecule has 0 aromatic heterocycles. The van der Waals surface area contributed by atoms with Crippen molar-refractivity contribution in [2.24, 2.45) is 0 Å². The van der Waals surface area contributed by atoms with Crippen molar-refractivity contribution in [3.8, 4) is 0 Å². The fourth-order valence-corrected chi connectivity index (χ4v) is 4.34. The summed E-state index contributed by atoms with van der Waals surface area (Å²) >= 11 is 6.58. The van der Waals surface area contributed by atoms with Gasteiger partial charge in [0.05, 0.1) is 7.43 Å². The van der Waals surface area contributed by atoms with Gasteiger partial charge in [0.15, 0.2) is 0 Å². The third kappa shape index (κ3) is 2.97. The van der Waals surface area contributed by atoms with E-state index in [2.05, 4.69) is 36.0 Å². The second kappa shape index (κ2) is 6.00. The predicted molar refractivity (Wildman–Crippen MR) is 73.5 cm³/mol. The molecule has 0 spiro atoms. The molecule has 1 aromatic carbocycles. The van der Waals surface area contributed by atoms with Crippen LogP contribution in [0, 0.1) is 0 Å². The molecular formula is C13H19ClNP. The van der Waals surface area contributed by atoms with Crippen molar-refractivity contribution in [2.75, 3.05) is 7.05 Å². The van der Waals surface area contributed by atoms with Crippen molar-refractivity contribution in [1.29, 1.82) is 0 Å². The Hall–Kier alpha value is -0.100. The molecule has 2 rings (SSSR count). The topological polar surface area (TPSA) is 3.24 Å². The van der Waals surface area contributed by atoms with Gasteiger partial charge < -0.3 is 0 Å². The highest BCUT2D eigenvalue weighted by atomic mass is 35.7. The van der Waals surface area contributed by atoms with Crippen LogP contribution in [0.2, 0.25) is 0 Å². The summed E-state index contributed by atoms with van der Waals surface area (Å²) in [4.78, 5) is 0. The highest BCUT2D eigenvalue weighted by Gasteiger charge is 2.24. The maximum atomic E-state index is 6.58. The van der Waals surface area contributed by atoms with Crippen LogP contribution < -0.4 is 5.30 Å². The van der Waals surface area contributed by atoms with Gasteiger partial charge in [0.2, 0.25) is 0 Å². The number of rotatable bonds is 3. The normalized spacial score (nSPS) is 19.9. The second-order valence-corrected chi connectivity index (χ2v) is 7.09. The van der Waals surface area contributed by atoms with E-state index in [1.807, 2.05) is 6.07 Å². The van der Waals surface area contributed by atoms with Crippen LogP contribution >= 0.6 is 18.7 Å². The fraction of sp³-hybridized carbons (Fsp3) is 0.538. The van der Waals surface area contributed by atoms with Crippen molar-refractivity contribution >= 4 is 24.0 Å². The Morgan fingerprint density at radius 1 is 1.12 bits per heavy atom. The average Bonchev–Trinajstić information content (AvgIpc) is 2.39. The van der Waals surface area contributed by atoms with Crippen LogP contribution in [0.25, 0.3) is 0 Å². The third-order valence-electron chi connectivity index (χ3n) is 3.35. The third-order valence-corrected chi connectivity index (χ3v) is 6.26. The zero-order chi connectivity index (χ0) is 11.4. The zero-order valence-electron chi connectivity index (χ0n) is 9.77. The highest BCUT2D eigenvalue weighted by Crippen LogP contribution is 2.46. The molecule has 1 nitrogen and oxygen atoms in total. The first-order chi connectivity index (χ1) is 7.79. The summed E-state index contributed by atoms with van der Waals surface area (Å²) < 4.78 is 2.39. The Balaban J connectivity index is 2.00. The first-order valence-electron chi connectivity index (χ1n) is 6.03. The van der Waals surface area contributed by atoms with Gasteiger partial charge in [0.25, 0.3) is 0 Å². The maximum Gasteiger partial charge on any atom is 0.0945 e. The number of hydrogen-bond donors (Lipinski definition) is 0. The lowest BCUT2D eigenvalue weighted by molar-refractivity contribution is 0.301. The minimum absolute atomic E-state index is 0.654. The van der Waals surface area contributed by atoms with Gasteiger partial charge in [0, 0.05) is 11.3 Å². The van der Waals surface area contributed by atoms with E-state index in [4.69, 9.17) is 11.2 Å². The lowest BCUT2D eigenvalue weighted by atomic mass is 9.96. The maximum absolute atomic E-state index is 6.58. The molecule has 1 aliphatic carbocycles. The fourth-order valence-electron chi connectivity index (χ4n) is 2.33. The Morgan fingerprint density at radius 2 is 1.75 bits per heavy atom. The zero-order valence-corrected chi connectivity index (χ0v) is 11.4. The molecule has 16 heavy (non-hydrogen) atoms. The van der Waals surface area contributed by atoms with Gasteiger partial charge in [-0.15, -0.1) is 0 Å². The van der Waals surface area contributed by atoms with E-state index in [1.165, 1.54) is 37.4 Å². The van der Waals surface area contributed by atoms with Gasteiger partial charge in [-0.3, -0.25) is 4.67 Å². The van der Waals surface area contributed by atoms with Crippen LogP contribution in [-0.4, -0.2) is 17.8 Å². The summed E-state index contributed by atoms with van der Waals surface area (Å²) in [6.45, 7) is 0. The van der Waals surface area contributed by atoms with Crippen molar-refractivity contribution in [2.45, 2.75) is 38.1 Å². The molecule has 1 fully saturated rings. The Bertz CT molecular complexity index is 311. The molecule has 1 aliphatic rings. The van der Waals surface area contributed by atoms with Crippen LogP contribution in [-0.2, 0) is 0 Å². The first kappa shape index (κ1) is 12.4. The molecule has 0 bridgehead atoms. The van der Waals surface area contributed by atoms with Crippen molar-refractivity contribution < 1.29 is 0 Å². The number of benzene rings is 1. The molecule has 1 unspecified atom stereocenters. The van der Waals surface area contributed by atoms with Gasteiger partial charge in [0.1, 0.15) is 0 Å². The molecule has 88 valence electrons. The number of halogens is 1. The lowest BCUT2D eigenvalue weighted by Gasteiger charge is -2.34. The molecule has 0 radical (unpaired) electrons. The van der Waals surface area contributed by atoms with Crippen LogP contribution in [0.5, 0.6) is 0 Å². The van der Waals surface area contributed by atoms with Crippen LogP contribution in [0.3, 0.4) is 0 Å². The summed E-state index contributed by atoms with van der Waals surface area (Å²) in [7, 11) is 1.53. The van der Waals surface area contributed by atoms with Gasteiger partial charge in [-0.25, -0.2) is 0 Å². The molecule has 0 N–H and O–H groups in total. The first-order valence-corrected chi connectivity index (χ1v) is 8.22. The van der Waals surface area contributed by atoms with E-state index in [0.29, 0.717) is 6.04 Å². The molecule has 0 heterocycles. The largest absolute Gasteiger partial charge is 0.266 e. The van der Waals surface area contributed by atoms with E-state index in [9.17, 15) is 0 Å². The molecule has 0 amide bonds. The van der Waals surface area contributed by atoms with E-state index in [0.717, 1.165) is 0 Å². The monoisotopic (exact) mass is 255 g/mol. The van der Waals surface area contributed by atoms with Crippen LogP contribution in [0.1, 0.15) is 32.1 Å². The molecule has 1 atom stereocenters. The molecule has 1 saturated carbocycles. The molecular weight excluding hydrogens is 237 g/mol. The Morgan fingerprint density at radius 3 is 2.38 bits per heavy atom. The van der Waals surface area contributed by atoms with E-state index in [-0.39, 0.29) is 0 Å². The minimum Gasteiger partial charge on any atom is -0.266 e. The van der Waals surface area contributed by atoms with Crippen LogP contribution in [0.15, 0.2) is 30.3 Å². The van der Waals surface area contributed by atoms with E-state index >= 15 is 0 Å². The predicted octanol–water partition coefficient (Wildman–Crippen LogP) is 4.13. The minimum atomic E-state index is -0.654. The van der Waals surface area contributed by atoms with Crippen molar-refractivity contribution in [3.63, 3.8) is 0 Å². The van der Waals surface area contributed by atoms with Crippen molar-refractivity contribution in [3.05, 3.63) is 30.3 Å². The molecule has 0 saturated heterocycles. The van der Waals surface area contributed by atoms with Crippen molar-refractivity contribution in [1.82, 2.24) is 4.67 Å². The Kier molecular flexibility index (Phi) is 4.64. The standard InChI is InChI=1S/C13H19ClNP/c1-15(12-8-4-2-5-9-12)16(14)13-10-6-3-7-11-13/h3,6-7,10-12H,2,4-5,8-9H2,1H3. The van der Waals surface area contributed by atoms with Crippen LogP contribution in [0.4, 0.5) is 0 Å². The summed E-state index contributed by atoms with van der Waals surface area (Å²) in [6.07, 6.45) is 6.76.